The summed E-state index contributed by atoms with van der Waals surface area (Å²) < 4.78 is 27.2. The molecule has 28 heavy (non-hydrogen) atoms. The number of thiazole rings is 1. The molecule has 0 N–H and O–H groups in total. The number of aromatic nitrogens is 1. The summed E-state index contributed by atoms with van der Waals surface area (Å²) in [7, 11) is -1.45. The van der Waals surface area contributed by atoms with Crippen molar-refractivity contribution in [3.8, 4) is 0 Å². The second kappa shape index (κ2) is 7.81. The molecule has 0 atom stereocenters. The van der Waals surface area contributed by atoms with E-state index in [0.717, 1.165) is 21.3 Å². The Morgan fingerprint density at radius 3 is 2.46 bits per heavy atom. The Bertz CT molecular complexity index is 1220. The van der Waals surface area contributed by atoms with E-state index >= 15 is 0 Å². The minimum absolute atomic E-state index is 0.107. The number of aryl methyl sites for hydroxylation is 2. The van der Waals surface area contributed by atoms with Gasteiger partial charge in [-0.05, 0) is 56.2 Å². The van der Waals surface area contributed by atoms with Gasteiger partial charge in [0.2, 0.25) is 0 Å². The van der Waals surface area contributed by atoms with E-state index < -0.39 is 15.1 Å². The van der Waals surface area contributed by atoms with Crippen LogP contribution in [0.3, 0.4) is 0 Å². The topological polar surface area (TPSA) is 68.5 Å². The van der Waals surface area contributed by atoms with Crippen LogP contribution in [0.1, 0.15) is 25.0 Å². The Morgan fingerprint density at radius 1 is 1.21 bits per heavy atom. The number of sulfone groups is 1. The lowest BCUT2D eigenvalue weighted by Crippen LogP contribution is -2.15. The number of rotatable bonds is 4. The molecule has 0 radical (unpaired) electrons. The largest absolute Gasteiger partial charge is 0.319 e. The highest BCUT2D eigenvalue weighted by atomic mass is 35.5. The highest BCUT2D eigenvalue weighted by Crippen LogP contribution is 2.25. The summed E-state index contributed by atoms with van der Waals surface area (Å²) in [6.45, 7) is 5.26. The number of carbonyl (C=O) groups is 1. The number of fused-ring (bicyclic) bond motifs is 1. The van der Waals surface area contributed by atoms with E-state index in [1.54, 1.807) is 38.1 Å². The average molecular weight is 437 g/mol. The minimum atomic E-state index is -3.32. The summed E-state index contributed by atoms with van der Waals surface area (Å²) in [6, 6.07) is 10.2. The third-order valence-electron chi connectivity index (χ3n) is 4.50. The van der Waals surface area contributed by atoms with Crippen molar-refractivity contribution in [3.05, 3.63) is 57.3 Å². The fourth-order valence-electron chi connectivity index (χ4n) is 2.96. The highest BCUT2D eigenvalue weighted by molar-refractivity contribution is 7.92. The fraction of sp³-hybridized carbons (Fsp3) is 0.300. The predicted molar refractivity (Wildman–Crippen MR) is 114 cm³/mol. The van der Waals surface area contributed by atoms with Gasteiger partial charge in [-0.2, -0.15) is 4.99 Å². The zero-order valence-electron chi connectivity index (χ0n) is 16.1. The first-order valence-corrected chi connectivity index (χ1v) is 11.5. The molecule has 148 valence electrons. The molecule has 0 aliphatic rings. The molecular formula is C20H21ClN2O3S2. The summed E-state index contributed by atoms with van der Waals surface area (Å²) >= 11 is 7.53. The maximum atomic E-state index is 12.4. The van der Waals surface area contributed by atoms with Crippen LogP contribution in [0.25, 0.3) is 10.2 Å². The van der Waals surface area contributed by atoms with Gasteiger partial charge in [-0.3, -0.25) is 4.79 Å². The highest BCUT2D eigenvalue weighted by Gasteiger charge is 2.19. The van der Waals surface area contributed by atoms with E-state index in [2.05, 4.69) is 4.99 Å². The summed E-state index contributed by atoms with van der Waals surface area (Å²) in [5, 5.41) is 0.168. The van der Waals surface area contributed by atoms with Gasteiger partial charge in [0.25, 0.3) is 5.91 Å². The molecule has 0 aliphatic heterocycles. The van der Waals surface area contributed by atoms with Crippen LogP contribution in [0.2, 0.25) is 5.02 Å². The number of halogens is 1. The number of benzene rings is 2. The standard InChI is InChI=1S/C20H21ClN2O3S2/c1-12(2)28(25,26)16-7-5-14(6-8-16)10-18(24)22-20-23(4)19-13(3)9-15(21)11-17(19)27-20/h5-9,11-12H,10H2,1-4H3. The fourth-order valence-corrected chi connectivity index (χ4v) is 5.51. The van der Waals surface area contributed by atoms with Crippen molar-refractivity contribution in [2.24, 2.45) is 12.0 Å². The third-order valence-corrected chi connectivity index (χ3v) is 7.97. The van der Waals surface area contributed by atoms with E-state index in [9.17, 15) is 13.2 Å². The third kappa shape index (κ3) is 4.06. The van der Waals surface area contributed by atoms with Gasteiger partial charge in [-0.1, -0.05) is 35.1 Å². The molecule has 0 fully saturated rings. The van der Waals surface area contributed by atoms with E-state index in [1.807, 2.05) is 30.7 Å². The molecule has 0 unspecified atom stereocenters. The van der Waals surface area contributed by atoms with E-state index in [0.29, 0.717) is 9.82 Å². The molecule has 8 heteroatoms. The van der Waals surface area contributed by atoms with Crippen LogP contribution >= 0.6 is 22.9 Å². The Morgan fingerprint density at radius 2 is 1.86 bits per heavy atom. The quantitative estimate of drug-likeness (QED) is 0.619. The van der Waals surface area contributed by atoms with Crippen molar-refractivity contribution in [2.45, 2.75) is 37.3 Å². The van der Waals surface area contributed by atoms with E-state index in [-0.39, 0.29) is 17.2 Å². The Labute approximate surface area is 173 Å². The van der Waals surface area contributed by atoms with Crippen molar-refractivity contribution >= 4 is 48.9 Å². The van der Waals surface area contributed by atoms with Crippen LogP contribution < -0.4 is 4.80 Å². The molecule has 2 aromatic carbocycles. The van der Waals surface area contributed by atoms with Crippen LogP contribution in [0.5, 0.6) is 0 Å². The summed E-state index contributed by atoms with van der Waals surface area (Å²) in [5.74, 6) is -0.287. The van der Waals surface area contributed by atoms with Crippen molar-refractivity contribution in [1.82, 2.24) is 4.57 Å². The molecule has 0 bridgehead atoms. The van der Waals surface area contributed by atoms with Gasteiger partial charge in [0, 0.05) is 12.1 Å². The molecule has 5 nitrogen and oxygen atoms in total. The van der Waals surface area contributed by atoms with Gasteiger partial charge >= 0.3 is 0 Å². The summed E-state index contributed by atoms with van der Waals surface area (Å²) in [5.41, 5.74) is 2.75. The Kier molecular flexibility index (Phi) is 5.79. The lowest BCUT2D eigenvalue weighted by molar-refractivity contribution is -0.117. The lowest BCUT2D eigenvalue weighted by Gasteiger charge is -2.08. The van der Waals surface area contributed by atoms with Gasteiger partial charge in [0.15, 0.2) is 14.6 Å². The zero-order chi connectivity index (χ0) is 20.6. The maximum Gasteiger partial charge on any atom is 0.252 e. The van der Waals surface area contributed by atoms with E-state index in [4.69, 9.17) is 11.6 Å². The smallest absolute Gasteiger partial charge is 0.252 e. The zero-order valence-corrected chi connectivity index (χ0v) is 18.5. The van der Waals surface area contributed by atoms with Gasteiger partial charge in [0.05, 0.1) is 26.8 Å². The Hall–Kier alpha value is -1.96. The number of nitrogens with zero attached hydrogens (tertiary/aromatic N) is 2. The van der Waals surface area contributed by atoms with Crippen LogP contribution in [0, 0.1) is 6.92 Å². The minimum Gasteiger partial charge on any atom is -0.319 e. The Balaban J connectivity index is 1.87. The molecule has 1 heterocycles. The van der Waals surface area contributed by atoms with Gasteiger partial charge in [0.1, 0.15) is 0 Å². The SMILES string of the molecule is Cc1cc(Cl)cc2sc(=NC(=O)Cc3ccc(S(=O)(=O)C(C)C)cc3)n(C)c12. The first-order valence-electron chi connectivity index (χ1n) is 8.75. The lowest BCUT2D eigenvalue weighted by atomic mass is 10.1. The number of amides is 1. The van der Waals surface area contributed by atoms with Crippen molar-refractivity contribution in [3.63, 3.8) is 0 Å². The van der Waals surface area contributed by atoms with Crippen molar-refractivity contribution in [1.29, 1.82) is 0 Å². The monoisotopic (exact) mass is 436 g/mol. The summed E-state index contributed by atoms with van der Waals surface area (Å²) in [4.78, 5) is 17.5. The van der Waals surface area contributed by atoms with Crippen molar-refractivity contribution in [2.75, 3.05) is 0 Å². The predicted octanol–water partition coefficient (Wildman–Crippen LogP) is 4.05. The molecule has 0 saturated heterocycles. The summed E-state index contributed by atoms with van der Waals surface area (Å²) in [6.07, 6.45) is 0.107. The molecule has 0 spiro atoms. The van der Waals surface area contributed by atoms with E-state index in [1.165, 1.54) is 11.3 Å². The molecule has 0 saturated carbocycles. The molecule has 3 rings (SSSR count). The van der Waals surface area contributed by atoms with Gasteiger partial charge in [-0.25, -0.2) is 8.42 Å². The first-order chi connectivity index (χ1) is 13.1. The number of hydrogen-bond acceptors (Lipinski definition) is 4. The van der Waals surface area contributed by atoms with Crippen molar-refractivity contribution < 1.29 is 13.2 Å². The molecule has 0 aliphatic carbocycles. The normalized spacial score (nSPS) is 12.9. The second-order valence-corrected chi connectivity index (χ2v) is 10.9. The van der Waals surface area contributed by atoms with Crippen LogP contribution in [-0.2, 0) is 28.1 Å². The average Bonchev–Trinajstić information content (AvgIpc) is 2.90. The number of carbonyl (C=O) groups excluding carboxylic acids is 1. The van der Waals surface area contributed by atoms with Crippen LogP contribution in [0.4, 0.5) is 0 Å². The van der Waals surface area contributed by atoms with Crippen LogP contribution in [-0.4, -0.2) is 24.1 Å². The van der Waals surface area contributed by atoms with Gasteiger partial charge in [-0.15, -0.1) is 0 Å². The maximum absolute atomic E-state index is 12.4. The molecule has 1 amide bonds. The molecular weight excluding hydrogens is 416 g/mol. The molecule has 3 aromatic rings. The first kappa shape index (κ1) is 20.8. The molecule has 1 aromatic heterocycles. The second-order valence-electron chi connectivity index (χ2n) is 6.93. The van der Waals surface area contributed by atoms with Crippen LogP contribution in [0.15, 0.2) is 46.3 Å². The number of hydrogen-bond donors (Lipinski definition) is 0. The van der Waals surface area contributed by atoms with Gasteiger partial charge < -0.3 is 4.57 Å².